The fraction of sp³-hybridized carbons (Fsp3) is 0.0455. The Labute approximate surface area is 161 Å². The summed E-state index contributed by atoms with van der Waals surface area (Å²) in [6.45, 7) is 0. The normalized spacial score (nSPS) is 11.9. The Bertz CT molecular complexity index is 1140. The van der Waals surface area contributed by atoms with Crippen LogP contribution in [0.1, 0.15) is 22.0 Å². The quantitative estimate of drug-likeness (QED) is 0.562. The fourth-order valence-electron chi connectivity index (χ4n) is 3.02. The van der Waals surface area contributed by atoms with Crippen molar-refractivity contribution in [2.45, 2.75) is 6.04 Å². The van der Waals surface area contributed by atoms with E-state index in [1.807, 2.05) is 40.9 Å². The van der Waals surface area contributed by atoms with Gasteiger partial charge in [-0.05, 0) is 17.7 Å². The lowest BCUT2D eigenvalue weighted by atomic mass is 10.1. The maximum atomic E-state index is 12.6. The number of pyridine rings is 1. The molecule has 1 unspecified atom stereocenters. The van der Waals surface area contributed by atoms with Gasteiger partial charge in [-0.25, -0.2) is 9.78 Å². The molecule has 2 N–H and O–H groups in total. The molecule has 0 bridgehead atoms. The van der Waals surface area contributed by atoms with Crippen LogP contribution in [0.4, 0.5) is 0 Å². The van der Waals surface area contributed by atoms with Crippen molar-refractivity contribution in [2.24, 2.45) is 0 Å². The number of nitrogens with one attached hydrogen (secondary N) is 1. The van der Waals surface area contributed by atoms with E-state index >= 15 is 0 Å². The molecule has 2 aromatic carbocycles. The first-order valence-corrected chi connectivity index (χ1v) is 8.74. The van der Waals surface area contributed by atoms with E-state index in [-0.39, 0.29) is 0 Å². The maximum Gasteiger partial charge on any atom is 0.330 e. The number of aromatic nitrogens is 2. The van der Waals surface area contributed by atoms with Crippen molar-refractivity contribution in [2.75, 3.05) is 0 Å². The number of carboxylic acids is 1. The number of imidazole rings is 1. The summed E-state index contributed by atoms with van der Waals surface area (Å²) >= 11 is 0. The largest absolute Gasteiger partial charge is 0.479 e. The number of carbonyl (C=O) groups is 2. The van der Waals surface area contributed by atoms with Gasteiger partial charge in [0.05, 0.1) is 5.69 Å². The van der Waals surface area contributed by atoms with Gasteiger partial charge >= 0.3 is 5.97 Å². The minimum absolute atomic E-state index is 0.347. The van der Waals surface area contributed by atoms with Crippen LogP contribution in [0, 0.1) is 0 Å². The van der Waals surface area contributed by atoms with Crippen molar-refractivity contribution in [3.8, 4) is 11.3 Å². The molecule has 6 nitrogen and oxygen atoms in total. The number of fused-ring (bicyclic) bond motifs is 1. The van der Waals surface area contributed by atoms with E-state index in [4.69, 9.17) is 0 Å². The first-order chi connectivity index (χ1) is 13.6. The molecule has 4 rings (SSSR count). The third kappa shape index (κ3) is 3.48. The molecule has 2 heterocycles. The molecule has 6 heteroatoms. The van der Waals surface area contributed by atoms with Gasteiger partial charge < -0.3 is 14.8 Å². The van der Waals surface area contributed by atoms with E-state index in [0.29, 0.717) is 16.8 Å². The van der Waals surface area contributed by atoms with Crippen molar-refractivity contribution >= 4 is 17.5 Å². The number of hydrogen-bond donors (Lipinski definition) is 2. The van der Waals surface area contributed by atoms with Crippen LogP contribution in [-0.4, -0.2) is 26.4 Å². The lowest BCUT2D eigenvalue weighted by Crippen LogP contribution is -2.33. The molecule has 1 atom stereocenters. The van der Waals surface area contributed by atoms with Gasteiger partial charge in [-0.15, -0.1) is 0 Å². The summed E-state index contributed by atoms with van der Waals surface area (Å²) in [4.78, 5) is 28.8. The Morgan fingerprint density at radius 2 is 1.64 bits per heavy atom. The number of rotatable bonds is 5. The molecule has 0 aliphatic heterocycles. The van der Waals surface area contributed by atoms with Crippen LogP contribution in [0.2, 0.25) is 0 Å². The number of carboxylic acid groups (broad SMARTS) is 1. The first kappa shape index (κ1) is 17.5. The average Bonchev–Trinajstić information content (AvgIpc) is 3.16. The van der Waals surface area contributed by atoms with Gasteiger partial charge in [0.25, 0.3) is 5.91 Å². The molecule has 138 valence electrons. The summed E-state index contributed by atoms with van der Waals surface area (Å²) in [5, 5.41) is 12.1. The maximum absolute atomic E-state index is 12.6. The number of aliphatic carboxylic acids is 1. The van der Waals surface area contributed by atoms with E-state index in [1.54, 1.807) is 48.7 Å². The topological polar surface area (TPSA) is 83.7 Å². The summed E-state index contributed by atoms with van der Waals surface area (Å²) in [6, 6.07) is 20.5. The van der Waals surface area contributed by atoms with Gasteiger partial charge in [0.2, 0.25) is 0 Å². The molecule has 0 aliphatic rings. The molecule has 2 aromatic heterocycles. The Morgan fingerprint density at radius 1 is 0.964 bits per heavy atom. The highest BCUT2D eigenvalue weighted by molar-refractivity contribution is 5.97. The number of hydrogen-bond acceptors (Lipinski definition) is 3. The zero-order valence-corrected chi connectivity index (χ0v) is 14.8. The Hall–Kier alpha value is -3.93. The molecule has 4 aromatic rings. The smallest absolute Gasteiger partial charge is 0.330 e. The summed E-state index contributed by atoms with van der Waals surface area (Å²) in [5.74, 6) is -1.59. The number of amides is 1. The van der Waals surface area contributed by atoms with Crippen molar-refractivity contribution in [1.29, 1.82) is 0 Å². The second-order valence-corrected chi connectivity index (χ2v) is 6.33. The van der Waals surface area contributed by atoms with Crippen molar-refractivity contribution in [3.05, 3.63) is 96.3 Å². The van der Waals surface area contributed by atoms with E-state index in [1.165, 1.54) is 0 Å². The van der Waals surface area contributed by atoms with Gasteiger partial charge in [0, 0.05) is 23.5 Å². The summed E-state index contributed by atoms with van der Waals surface area (Å²) < 4.78 is 1.82. The van der Waals surface area contributed by atoms with Gasteiger partial charge in [-0.2, -0.15) is 0 Å². The SMILES string of the molecule is O=C(NC(C(=O)O)c1ccccc1)c1ccn2cc(-c3ccccc3)nc2c1. The molecule has 0 saturated carbocycles. The zero-order chi connectivity index (χ0) is 19.5. The summed E-state index contributed by atoms with van der Waals surface area (Å²) in [6.07, 6.45) is 3.62. The molecular weight excluding hydrogens is 354 g/mol. The minimum Gasteiger partial charge on any atom is -0.479 e. The highest BCUT2D eigenvalue weighted by atomic mass is 16.4. The van der Waals surface area contributed by atoms with Gasteiger partial charge in [0.15, 0.2) is 6.04 Å². The molecular formula is C22H17N3O3. The van der Waals surface area contributed by atoms with Crippen molar-refractivity contribution in [1.82, 2.24) is 14.7 Å². The van der Waals surface area contributed by atoms with Crippen LogP contribution < -0.4 is 5.32 Å². The van der Waals surface area contributed by atoms with Crippen LogP contribution >= 0.6 is 0 Å². The molecule has 0 saturated heterocycles. The second-order valence-electron chi connectivity index (χ2n) is 6.33. The van der Waals surface area contributed by atoms with E-state index < -0.39 is 17.9 Å². The zero-order valence-electron chi connectivity index (χ0n) is 14.8. The molecule has 0 fully saturated rings. The lowest BCUT2D eigenvalue weighted by Gasteiger charge is -2.15. The number of carbonyl (C=O) groups excluding carboxylic acids is 1. The van der Waals surface area contributed by atoms with Crippen LogP contribution in [0.15, 0.2) is 85.2 Å². The Kier molecular flexibility index (Phi) is 4.60. The fourth-order valence-corrected chi connectivity index (χ4v) is 3.02. The number of benzene rings is 2. The Balaban J connectivity index is 1.61. The highest BCUT2D eigenvalue weighted by Gasteiger charge is 2.22. The van der Waals surface area contributed by atoms with Gasteiger partial charge in [-0.3, -0.25) is 4.79 Å². The standard InChI is InChI=1S/C22H17N3O3/c26-21(24-20(22(27)28)16-9-5-2-6-10-16)17-11-12-25-14-18(23-19(25)13-17)15-7-3-1-4-8-15/h1-14,20H,(H,24,26)(H,27,28). The molecule has 0 spiro atoms. The lowest BCUT2D eigenvalue weighted by molar-refractivity contribution is -0.139. The molecule has 0 radical (unpaired) electrons. The summed E-state index contributed by atoms with van der Waals surface area (Å²) in [7, 11) is 0. The third-order valence-electron chi connectivity index (χ3n) is 4.45. The summed E-state index contributed by atoms with van der Waals surface area (Å²) in [5.41, 5.74) is 3.24. The van der Waals surface area contributed by atoms with Crippen LogP contribution in [0.25, 0.3) is 16.9 Å². The van der Waals surface area contributed by atoms with Crippen LogP contribution in [0.3, 0.4) is 0 Å². The first-order valence-electron chi connectivity index (χ1n) is 8.74. The minimum atomic E-state index is -1.12. The monoisotopic (exact) mass is 371 g/mol. The van der Waals surface area contributed by atoms with Gasteiger partial charge in [-0.1, -0.05) is 60.7 Å². The molecule has 1 amide bonds. The predicted molar refractivity (Wildman–Crippen MR) is 105 cm³/mol. The molecule has 28 heavy (non-hydrogen) atoms. The predicted octanol–water partition coefficient (Wildman–Crippen LogP) is 3.56. The van der Waals surface area contributed by atoms with E-state index in [0.717, 1.165) is 11.3 Å². The van der Waals surface area contributed by atoms with Crippen molar-refractivity contribution in [3.63, 3.8) is 0 Å². The molecule has 0 aliphatic carbocycles. The van der Waals surface area contributed by atoms with Crippen LogP contribution in [0.5, 0.6) is 0 Å². The number of nitrogens with zero attached hydrogens (tertiary/aromatic N) is 2. The van der Waals surface area contributed by atoms with Crippen LogP contribution in [-0.2, 0) is 4.79 Å². The average molecular weight is 371 g/mol. The second kappa shape index (κ2) is 7.36. The highest BCUT2D eigenvalue weighted by Crippen LogP contribution is 2.20. The Morgan fingerprint density at radius 3 is 2.32 bits per heavy atom. The third-order valence-corrected chi connectivity index (χ3v) is 4.45. The van der Waals surface area contributed by atoms with Crippen molar-refractivity contribution < 1.29 is 14.7 Å². The van der Waals surface area contributed by atoms with Gasteiger partial charge in [0.1, 0.15) is 5.65 Å². The van der Waals surface area contributed by atoms with E-state index in [2.05, 4.69) is 10.3 Å². The van der Waals surface area contributed by atoms with E-state index in [9.17, 15) is 14.7 Å².